The van der Waals surface area contributed by atoms with Gasteiger partial charge in [-0.1, -0.05) is 0 Å². The highest BCUT2D eigenvalue weighted by Gasteiger charge is 2.23. The van der Waals surface area contributed by atoms with Crippen molar-refractivity contribution < 1.29 is 33.3 Å². The first-order chi connectivity index (χ1) is 29.9. The molecule has 0 unspecified atom stereocenters. The Morgan fingerprint density at radius 1 is 0.590 bits per heavy atom. The van der Waals surface area contributed by atoms with Gasteiger partial charge in [-0.15, -0.1) is 0 Å². The standard InChI is InChI=1S/C48H48N6O7/c1-57-43-23-21-39(26-45(43)59-41-9-3-4-10-41)53(30-33-28-49-32-50-29-33)37-17-13-34(14-18-37)47(55)61-48(56)35-15-19-38(20-16-35)54(31-36-8-7-25-51-52-36)40-22-24-44(58-2)46(27-40)60-42-11-5-6-12-42/h7-8,13-29,32,41-42H,3-6,9-12,30-31H2,1-2H3. The molecule has 0 saturated heterocycles. The number of nitrogens with zero attached hydrogens (tertiary/aromatic N) is 6. The number of methoxy groups -OCH3 is 2. The third-order valence-electron chi connectivity index (χ3n) is 11.0. The number of hydrogen-bond donors (Lipinski definition) is 0. The van der Waals surface area contributed by atoms with Crippen molar-refractivity contribution in [3.8, 4) is 23.0 Å². The molecule has 0 spiro atoms. The van der Waals surface area contributed by atoms with Crippen LogP contribution in [0.2, 0.25) is 0 Å². The van der Waals surface area contributed by atoms with E-state index in [1.807, 2.05) is 72.8 Å². The molecular weight excluding hydrogens is 773 g/mol. The number of esters is 2. The summed E-state index contributed by atoms with van der Waals surface area (Å²) < 4.78 is 29.5. The highest BCUT2D eigenvalue weighted by atomic mass is 16.6. The third kappa shape index (κ3) is 10.1. The smallest absolute Gasteiger partial charge is 0.346 e. The molecule has 2 heterocycles. The molecule has 2 aromatic heterocycles. The fraction of sp³-hybridized carbons (Fsp3) is 0.292. The van der Waals surface area contributed by atoms with Gasteiger partial charge in [0, 0.05) is 59.0 Å². The van der Waals surface area contributed by atoms with Gasteiger partial charge in [0.15, 0.2) is 23.0 Å². The Kier molecular flexibility index (Phi) is 12.9. The Hall–Kier alpha value is -7.02. The minimum absolute atomic E-state index is 0.141. The number of hydrogen-bond acceptors (Lipinski definition) is 13. The van der Waals surface area contributed by atoms with Gasteiger partial charge in [-0.05, 0) is 136 Å². The van der Waals surface area contributed by atoms with Gasteiger partial charge in [0.05, 0.1) is 56.3 Å². The van der Waals surface area contributed by atoms with Crippen molar-refractivity contribution in [3.63, 3.8) is 0 Å². The number of rotatable bonds is 16. The van der Waals surface area contributed by atoms with Crippen molar-refractivity contribution >= 4 is 34.7 Å². The maximum atomic E-state index is 13.4. The van der Waals surface area contributed by atoms with E-state index in [0.29, 0.717) is 36.1 Å². The molecule has 0 amide bonds. The van der Waals surface area contributed by atoms with E-state index in [-0.39, 0.29) is 23.3 Å². The summed E-state index contributed by atoms with van der Waals surface area (Å²) in [5, 5.41) is 8.38. The first-order valence-corrected chi connectivity index (χ1v) is 20.7. The maximum absolute atomic E-state index is 13.4. The van der Waals surface area contributed by atoms with E-state index < -0.39 is 11.9 Å². The minimum Gasteiger partial charge on any atom is -0.493 e. The zero-order chi connectivity index (χ0) is 42.0. The second-order valence-electron chi connectivity index (χ2n) is 15.1. The Balaban J connectivity index is 0.989. The van der Waals surface area contributed by atoms with Crippen LogP contribution in [-0.4, -0.2) is 58.5 Å². The molecule has 2 aliphatic rings. The number of aromatic nitrogens is 4. The lowest BCUT2D eigenvalue weighted by atomic mass is 10.1. The summed E-state index contributed by atoms with van der Waals surface area (Å²) in [5.74, 6) is 1.12. The van der Waals surface area contributed by atoms with Gasteiger partial charge in [0.2, 0.25) is 0 Å². The normalized spacial score (nSPS) is 14.0. The third-order valence-corrected chi connectivity index (χ3v) is 11.0. The van der Waals surface area contributed by atoms with Gasteiger partial charge in [0.1, 0.15) is 6.33 Å². The minimum atomic E-state index is -0.767. The molecule has 0 radical (unpaired) electrons. The van der Waals surface area contributed by atoms with Gasteiger partial charge in [-0.3, -0.25) is 0 Å². The molecule has 4 aromatic carbocycles. The molecule has 8 rings (SSSR count). The van der Waals surface area contributed by atoms with Crippen LogP contribution in [0.4, 0.5) is 22.7 Å². The number of benzene rings is 4. The van der Waals surface area contributed by atoms with E-state index >= 15 is 0 Å². The molecule has 6 aromatic rings. The van der Waals surface area contributed by atoms with E-state index in [4.69, 9.17) is 23.7 Å². The first-order valence-electron chi connectivity index (χ1n) is 20.7. The summed E-state index contributed by atoms with van der Waals surface area (Å²) in [4.78, 5) is 39.3. The van der Waals surface area contributed by atoms with Crippen molar-refractivity contribution in [2.45, 2.75) is 76.7 Å². The Morgan fingerprint density at radius 3 is 1.52 bits per heavy atom. The van der Waals surface area contributed by atoms with Crippen LogP contribution in [0.15, 0.2) is 122 Å². The monoisotopic (exact) mass is 820 g/mol. The van der Waals surface area contributed by atoms with E-state index in [2.05, 4.69) is 30.0 Å². The van der Waals surface area contributed by atoms with Crippen LogP contribution >= 0.6 is 0 Å². The fourth-order valence-corrected chi connectivity index (χ4v) is 7.82. The van der Waals surface area contributed by atoms with Crippen molar-refractivity contribution in [1.82, 2.24) is 20.2 Å². The summed E-state index contributed by atoms with van der Waals surface area (Å²) in [6, 6.07) is 29.2. The van der Waals surface area contributed by atoms with Crippen LogP contribution in [0.5, 0.6) is 23.0 Å². The number of carbonyl (C=O) groups is 2. The summed E-state index contributed by atoms with van der Waals surface area (Å²) in [5.41, 5.74) is 5.34. The van der Waals surface area contributed by atoms with Gasteiger partial charge >= 0.3 is 11.9 Å². The topological polar surface area (TPSA) is 138 Å². The molecule has 2 saturated carbocycles. The molecule has 0 bridgehead atoms. The molecule has 2 fully saturated rings. The molecular formula is C48H48N6O7. The van der Waals surface area contributed by atoms with Crippen molar-refractivity contribution in [2.75, 3.05) is 24.0 Å². The summed E-state index contributed by atoms with van der Waals surface area (Å²) in [6.07, 6.45) is 15.5. The van der Waals surface area contributed by atoms with Crippen molar-refractivity contribution in [1.29, 1.82) is 0 Å². The highest BCUT2D eigenvalue weighted by Crippen LogP contribution is 2.39. The van der Waals surface area contributed by atoms with Crippen LogP contribution in [0.25, 0.3) is 0 Å². The largest absolute Gasteiger partial charge is 0.493 e. The molecule has 2 aliphatic carbocycles. The van der Waals surface area contributed by atoms with Gasteiger partial charge < -0.3 is 33.5 Å². The number of anilines is 4. The molecule has 0 atom stereocenters. The lowest BCUT2D eigenvalue weighted by molar-refractivity contribution is 0.0397. The summed E-state index contributed by atoms with van der Waals surface area (Å²) in [7, 11) is 3.27. The lowest BCUT2D eigenvalue weighted by Gasteiger charge is -2.26. The highest BCUT2D eigenvalue weighted by molar-refractivity contribution is 6.03. The Bertz CT molecular complexity index is 2220. The molecule has 0 N–H and O–H groups in total. The lowest BCUT2D eigenvalue weighted by Crippen LogP contribution is -2.19. The summed E-state index contributed by atoms with van der Waals surface area (Å²) >= 11 is 0. The van der Waals surface area contributed by atoms with E-state index in [0.717, 1.165) is 85.4 Å². The van der Waals surface area contributed by atoms with E-state index in [9.17, 15) is 9.59 Å². The predicted octanol–water partition coefficient (Wildman–Crippen LogP) is 9.60. The SMILES string of the molecule is COc1ccc(N(Cc2cncnc2)c2ccc(C(=O)OC(=O)c3ccc(N(Cc4cccnn4)c4ccc(OC)c(OC5CCCC5)c4)cc3)cc2)cc1OC1CCCC1. The molecule has 0 aliphatic heterocycles. The zero-order valence-corrected chi connectivity index (χ0v) is 34.3. The van der Waals surface area contributed by atoms with Crippen LogP contribution in [0, 0.1) is 0 Å². The quantitative estimate of drug-likeness (QED) is 0.0677. The van der Waals surface area contributed by atoms with Crippen LogP contribution in [-0.2, 0) is 17.8 Å². The van der Waals surface area contributed by atoms with Gasteiger partial charge in [0.25, 0.3) is 0 Å². The van der Waals surface area contributed by atoms with Gasteiger partial charge in [-0.2, -0.15) is 10.2 Å². The van der Waals surface area contributed by atoms with Crippen molar-refractivity contribution in [2.24, 2.45) is 0 Å². The molecule has 61 heavy (non-hydrogen) atoms. The molecule has 13 nitrogen and oxygen atoms in total. The van der Waals surface area contributed by atoms with Crippen LogP contribution < -0.4 is 28.7 Å². The zero-order valence-electron chi connectivity index (χ0n) is 34.3. The van der Waals surface area contributed by atoms with Crippen LogP contribution in [0.1, 0.15) is 83.3 Å². The summed E-state index contributed by atoms with van der Waals surface area (Å²) in [6.45, 7) is 0.837. The average molecular weight is 821 g/mol. The Morgan fingerprint density at radius 2 is 1.07 bits per heavy atom. The molecule has 13 heteroatoms. The van der Waals surface area contributed by atoms with E-state index in [1.54, 1.807) is 57.1 Å². The van der Waals surface area contributed by atoms with Gasteiger partial charge in [-0.25, -0.2) is 19.6 Å². The molecule has 312 valence electrons. The van der Waals surface area contributed by atoms with Crippen molar-refractivity contribution in [3.05, 3.63) is 144 Å². The fourth-order valence-electron chi connectivity index (χ4n) is 7.82. The first kappa shape index (κ1) is 40.7. The van der Waals surface area contributed by atoms with Crippen LogP contribution in [0.3, 0.4) is 0 Å². The van der Waals surface area contributed by atoms with E-state index in [1.165, 1.54) is 6.33 Å². The second kappa shape index (κ2) is 19.4. The number of ether oxygens (including phenoxy) is 5. The Labute approximate surface area is 355 Å². The predicted molar refractivity (Wildman–Crippen MR) is 230 cm³/mol. The maximum Gasteiger partial charge on any atom is 0.346 e. The second-order valence-corrected chi connectivity index (χ2v) is 15.1. The number of carbonyl (C=O) groups excluding carboxylic acids is 2. The average Bonchev–Trinajstić information content (AvgIpc) is 4.03.